The second kappa shape index (κ2) is 7.23. The minimum absolute atomic E-state index is 0.0462. The summed E-state index contributed by atoms with van der Waals surface area (Å²) in [7, 11) is -3.33. The van der Waals surface area contributed by atoms with E-state index in [0.717, 1.165) is 18.4 Å². The number of likely N-dealkylation sites (tertiary alicyclic amines) is 1. The summed E-state index contributed by atoms with van der Waals surface area (Å²) in [6.07, 6.45) is 7.55. The molecule has 132 valence electrons. The molecule has 0 aliphatic carbocycles. The summed E-state index contributed by atoms with van der Waals surface area (Å²) in [4.78, 5) is 14.5. The lowest BCUT2D eigenvalue weighted by Gasteiger charge is -2.31. The van der Waals surface area contributed by atoms with Gasteiger partial charge < -0.3 is 4.90 Å². The van der Waals surface area contributed by atoms with E-state index in [4.69, 9.17) is 0 Å². The van der Waals surface area contributed by atoms with Crippen LogP contribution in [0, 0.1) is 0 Å². The number of nitrogens with one attached hydrogen (secondary N) is 1. The van der Waals surface area contributed by atoms with Gasteiger partial charge in [0.1, 0.15) is 4.90 Å². The van der Waals surface area contributed by atoms with Crippen LogP contribution in [0.15, 0.2) is 47.5 Å². The van der Waals surface area contributed by atoms with Gasteiger partial charge in [-0.15, -0.1) is 0 Å². The van der Waals surface area contributed by atoms with Crippen molar-refractivity contribution in [2.24, 2.45) is 0 Å². The first-order chi connectivity index (χ1) is 11.9. The highest BCUT2D eigenvalue weighted by Gasteiger charge is 2.29. The molecule has 25 heavy (non-hydrogen) atoms. The molecule has 6 nitrogen and oxygen atoms in total. The van der Waals surface area contributed by atoms with Crippen LogP contribution in [0.4, 0.5) is 0 Å². The van der Waals surface area contributed by atoms with Crippen LogP contribution in [-0.2, 0) is 14.6 Å². The zero-order valence-electron chi connectivity index (χ0n) is 14.1. The van der Waals surface area contributed by atoms with Gasteiger partial charge in [0.15, 0.2) is 9.84 Å². The normalized spacial score (nSPS) is 18.6. The minimum atomic E-state index is -3.33. The van der Waals surface area contributed by atoms with E-state index in [2.05, 4.69) is 10.2 Å². The van der Waals surface area contributed by atoms with Crippen molar-refractivity contribution in [3.8, 4) is 0 Å². The summed E-state index contributed by atoms with van der Waals surface area (Å²) < 4.78 is 23.8. The summed E-state index contributed by atoms with van der Waals surface area (Å²) in [5.74, 6) is -0.107. The summed E-state index contributed by atoms with van der Waals surface area (Å²) in [5, 5.41) is 6.70. The van der Waals surface area contributed by atoms with Crippen molar-refractivity contribution in [1.29, 1.82) is 0 Å². The molecule has 1 saturated heterocycles. The molecule has 1 N–H and O–H groups in total. The van der Waals surface area contributed by atoms with Gasteiger partial charge in [0.2, 0.25) is 5.91 Å². The van der Waals surface area contributed by atoms with E-state index < -0.39 is 9.84 Å². The van der Waals surface area contributed by atoms with Crippen LogP contribution in [0.2, 0.25) is 0 Å². The van der Waals surface area contributed by atoms with Crippen molar-refractivity contribution in [2.75, 3.05) is 19.3 Å². The van der Waals surface area contributed by atoms with E-state index in [9.17, 15) is 13.2 Å². The van der Waals surface area contributed by atoms with Crippen molar-refractivity contribution in [3.05, 3.63) is 53.9 Å². The number of nitrogens with zero attached hydrogens (tertiary/aromatic N) is 2. The van der Waals surface area contributed by atoms with E-state index in [0.29, 0.717) is 18.8 Å². The number of piperidine rings is 1. The molecular weight excluding hydrogens is 338 g/mol. The fourth-order valence-corrected chi connectivity index (χ4v) is 3.98. The number of benzene rings is 1. The Morgan fingerprint density at radius 1 is 1.32 bits per heavy atom. The first kappa shape index (κ1) is 17.4. The Hall–Kier alpha value is -2.41. The first-order valence-corrected chi connectivity index (χ1v) is 10.1. The molecule has 1 atom stereocenters. The number of hydrogen-bond donors (Lipinski definition) is 1. The van der Waals surface area contributed by atoms with Crippen LogP contribution in [0.25, 0.3) is 6.08 Å². The molecule has 1 unspecified atom stereocenters. The Kier molecular flexibility index (Phi) is 5.03. The Labute approximate surface area is 147 Å². The molecule has 0 radical (unpaired) electrons. The topological polar surface area (TPSA) is 83.1 Å². The molecule has 1 aliphatic rings. The van der Waals surface area contributed by atoms with Crippen LogP contribution in [-0.4, -0.2) is 48.8 Å². The van der Waals surface area contributed by atoms with Crippen molar-refractivity contribution in [1.82, 2.24) is 15.1 Å². The molecule has 2 aromatic rings. The molecule has 1 aromatic heterocycles. The minimum Gasteiger partial charge on any atom is -0.338 e. The highest BCUT2D eigenvalue weighted by Crippen LogP contribution is 2.29. The smallest absolute Gasteiger partial charge is 0.246 e. The van der Waals surface area contributed by atoms with E-state index in [1.807, 2.05) is 30.3 Å². The average molecular weight is 359 g/mol. The van der Waals surface area contributed by atoms with Crippen LogP contribution < -0.4 is 0 Å². The third-order valence-corrected chi connectivity index (χ3v) is 5.52. The molecule has 0 spiro atoms. The number of H-pyrrole nitrogens is 1. The average Bonchev–Trinajstić information content (AvgIpc) is 3.11. The van der Waals surface area contributed by atoms with Crippen LogP contribution in [0.3, 0.4) is 0 Å². The number of hydrogen-bond acceptors (Lipinski definition) is 4. The molecular formula is C18H21N3O3S. The SMILES string of the molecule is CS(=O)(=O)c1cn[nH]c1C1CCCN(C(=O)/C=C/c2ccccc2)C1. The van der Waals surface area contributed by atoms with Gasteiger partial charge in [-0.25, -0.2) is 8.42 Å². The van der Waals surface area contributed by atoms with E-state index in [-0.39, 0.29) is 16.7 Å². The van der Waals surface area contributed by atoms with Gasteiger partial charge in [-0.1, -0.05) is 30.3 Å². The number of aromatic nitrogens is 2. The number of sulfone groups is 1. The van der Waals surface area contributed by atoms with Crippen LogP contribution in [0.1, 0.15) is 30.0 Å². The van der Waals surface area contributed by atoms with Crippen LogP contribution in [0.5, 0.6) is 0 Å². The number of carbonyl (C=O) groups excluding carboxylic acids is 1. The summed E-state index contributed by atoms with van der Waals surface area (Å²) >= 11 is 0. The highest BCUT2D eigenvalue weighted by molar-refractivity contribution is 7.90. The predicted octanol–water partition coefficient (Wildman–Crippen LogP) is 2.23. The Morgan fingerprint density at radius 3 is 2.80 bits per heavy atom. The number of carbonyl (C=O) groups is 1. The number of amides is 1. The molecule has 1 aromatic carbocycles. The number of aromatic amines is 1. The third kappa shape index (κ3) is 4.17. The van der Waals surface area contributed by atoms with E-state index >= 15 is 0 Å². The zero-order chi connectivity index (χ0) is 17.9. The third-order valence-electron chi connectivity index (χ3n) is 4.39. The molecule has 1 fully saturated rings. The fourth-order valence-electron chi connectivity index (χ4n) is 3.12. The molecule has 0 saturated carbocycles. The molecule has 7 heteroatoms. The quantitative estimate of drug-likeness (QED) is 0.849. The Balaban J connectivity index is 1.72. The van der Waals surface area contributed by atoms with Gasteiger partial charge in [-0.05, 0) is 24.5 Å². The maximum atomic E-state index is 12.5. The summed E-state index contributed by atoms with van der Waals surface area (Å²) in [6.45, 7) is 1.17. The van der Waals surface area contributed by atoms with Gasteiger partial charge in [-0.2, -0.15) is 5.10 Å². The zero-order valence-corrected chi connectivity index (χ0v) is 14.9. The standard InChI is InChI=1S/C18H21N3O3S/c1-25(23,24)16-12-19-20-18(16)15-8-5-11-21(13-15)17(22)10-9-14-6-3-2-4-7-14/h2-4,6-7,9-10,12,15H,5,8,11,13H2,1H3,(H,19,20)/b10-9+. The van der Waals surface area contributed by atoms with Crippen molar-refractivity contribution in [2.45, 2.75) is 23.7 Å². The van der Waals surface area contributed by atoms with Gasteiger partial charge in [0.05, 0.1) is 11.9 Å². The molecule has 0 bridgehead atoms. The highest BCUT2D eigenvalue weighted by atomic mass is 32.2. The largest absolute Gasteiger partial charge is 0.338 e. The number of rotatable bonds is 4. The van der Waals surface area contributed by atoms with Crippen LogP contribution >= 0.6 is 0 Å². The maximum Gasteiger partial charge on any atom is 0.246 e. The fraction of sp³-hybridized carbons (Fsp3) is 0.333. The molecule has 3 rings (SSSR count). The summed E-state index contributed by atoms with van der Waals surface area (Å²) in [6, 6.07) is 9.65. The lowest BCUT2D eigenvalue weighted by atomic mass is 9.95. The lowest BCUT2D eigenvalue weighted by molar-refractivity contribution is -0.127. The van der Waals surface area contributed by atoms with E-state index in [1.54, 1.807) is 17.1 Å². The molecule has 1 aliphatic heterocycles. The van der Waals surface area contributed by atoms with Crippen molar-refractivity contribution >= 4 is 21.8 Å². The molecule has 1 amide bonds. The predicted molar refractivity (Wildman–Crippen MR) is 95.7 cm³/mol. The lowest BCUT2D eigenvalue weighted by Crippen LogP contribution is -2.38. The first-order valence-electron chi connectivity index (χ1n) is 8.20. The Morgan fingerprint density at radius 2 is 2.08 bits per heavy atom. The second-order valence-corrected chi connectivity index (χ2v) is 8.27. The Bertz CT molecular complexity index is 872. The maximum absolute atomic E-state index is 12.5. The van der Waals surface area contributed by atoms with Gasteiger partial charge >= 0.3 is 0 Å². The van der Waals surface area contributed by atoms with Crippen molar-refractivity contribution < 1.29 is 13.2 Å². The van der Waals surface area contributed by atoms with Gasteiger partial charge in [0.25, 0.3) is 0 Å². The van der Waals surface area contributed by atoms with Crippen molar-refractivity contribution in [3.63, 3.8) is 0 Å². The van der Waals surface area contributed by atoms with E-state index in [1.165, 1.54) is 12.5 Å². The molecule has 2 heterocycles. The summed E-state index contributed by atoms with van der Waals surface area (Å²) in [5.41, 5.74) is 1.57. The van der Waals surface area contributed by atoms with Gasteiger partial charge in [-0.3, -0.25) is 9.89 Å². The van der Waals surface area contributed by atoms with Gasteiger partial charge in [0, 0.05) is 31.3 Å². The monoisotopic (exact) mass is 359 g/mol. The second-order valence-electron chi connectivity index (χ2n) is 6.29.